The summed E-state index contributed by atoms with van der Waals surface area (Å²) < 4.78 is 33.5. The van der Waals surface area contributed by atoms with Gasteiger partial charge in [-0.25, -0.2) is 0 Å². The molecule has 0 spiro atoms. The van der Waals surface area contributed by atoms with Crippen LogP contribution in [0.5, 0.6) is 0 Å². The zero-order chi connectivity index (χ0) is 9.47. The Morgan fingerprint density at radius 1 is 1.21 bits per heavy atom. The Balaban J connectivity index is 0.000000980. The summed E-state index contributed by atoms with van der Waals surface area (Å²) in [6, 6.07) is 0. The molecule has 1 aliphatic heterocycles. The van der Waals surface area contributed by atoms with Crippen molar-refractivity contribution >= 4 is 0 Å². The maximum Gasteiger partial charge on any atom is 0.586 e. The molecule has 1 radical (unpaired) electrons. The van der Waals surface area contributed by atoms with Crippen LogP contribution in [0.25, 0.3) is 0 Å². The molecule has 0 bridgehead atoms. The Morgan fingerprint density at radius 2 is 1.86 bits per heavy atom. The van der Waals surface area contributed by atoms with Gasteiger partial charge in [0.2, 0.25) is 0 Å². The van der Waals surface area contributed by atoms with Crippen molar-refractivity contribution in [3.05, 3.63) is 41.1 Å². The molecule has 2 nitrogen and oxygen atoms in total. The van der Waals surface area contributed by atoms with Gasteiger partial charge in [-0.2, -0.15) is 0 Å². The number of ether oxygens (including phenoxy) is 2. The fourth-order valence-electron chi connectivity index (χ4n) is 1.02. The number of hydrogen-bond donors (Lipinski definition) is 0. The number of halogens is 2. The van der Waals surface area contributed by atoms with Gasteiger partial charge in [0.05, 0.1) is 0 Å². The largest absolute Gasteiger partial charge is 0.586 e. The van der Waals surface area contributed by atoms with Crippen molar-refractivity contribution in [1.82, 2.24) is 0 Å². The minimum atomic E-state index is -3.54. The third kappa shape index (κ3) is 1.47. The monoisotopic (exact) mass is 446 g/mol. The second kappa shape index (κ2) is 2.75. The second-order valence-corrected chi connectivity index (χ2v) is 2.70. The Morgan fingerprint density at radius 3 is 2.57 bits per heavy atom. The predicted molar refractivity (Wildman–Crippen MR) is 40.6 cm³/mol. The van der Waals surface area contributed by atoms with Gasteiger partial charge in [0.15, 0.2) is 11.5 Å². The Labute approximate surface area is 73.4 Å². The zero-order valence-corrected chi connectivity index (χ0v) is 9.21. The van der Waals surface area contributed by atoms with Crippen LogP contribution in [0.1, 0.15) is 6.92 Å². The molecular formula is C9H6F2LrO2. The first-order chi connectivity index (χ1) is 6.07. The van der Waals surface area contributed by atoms with Gasteiger partial charge >= 0.3 is 6.29 Å². The van der Waals surface area contributed by atoms with Crippen molar-refractivity contribution in [1.29, 1.82) is 0 Å². The van der Waals surface area contributed by atoms with E-state index in [1.807, 2.05) is 0 Å². The van der Waals surface area contributed by atoms with Crippen molar-refractivity contribution in [3.8, 4) is 0 Å². The molecule has 14 heavy (non-hydrogen) atoms. The summed E-state index contributed by atoms with van der Waals surface area (Å²) in [6.07, 6.45) is 0.857. The van der Waals surface area contributed by atoms with E-state index in [-0.39, 0.29) is 11.5 Å². The van der Waals surface area contributed by atoms with Gasteiger partial charge < -0.3 is 9.47 Å². The van der Waals surface area contributed by atoms with Gasteiger partial charge in [-0.15, -0.1) is 14.5 Å². The molecule has 2 aliphatic rings. The minimum absolute atomic E-state index is 0. The van der Waals surface area contributed by atoms with Crippen molar-refractivity contribution in [2.24, 2.45) is 0 Å². The molecule has 0 aromatic heterocycles. The SMILES string of the molecule is CC1=C=CC2=C(C=C1)OC(F)(F)O2.[Lr]. The Kier molecular flexibility index (Phi) is 1.87. The van der Waals surface area contributed by atoms with E-state index in [1.54, 1.807) is 13.0 Å². The Bertz CT molecular complexity index is 376. The molecule has 0 fully saturated rings. The van der Waals surface area contributed by atoms with Gasteiger partial charge in [0.25, 0.3) is 0 Å². The normalized spacial score (nSPS) is 21.5. The molecule has 1 heterocycles. The van der Waals surface area contributed by atoms with Gasteiger partial charge in [-0.1, -0.05) is 0 Å². The molecule has 0 aromatic carbocycles. The Hall–Kier alpha value is -2.54. The number of alkyl halides is 2. The summed E-state index contributed by atoms with van der Waals surface area (Å²) in [5.74, 6) is 0.0486. The predicted octanol–water partition coefficient (Wildman–Crippen LogP) is 2.47. The first-order valence-corrected chi connectivity index (χ1v) is 3.68. The molecule has 0 unspecified atom stereocenters. The summed E-state index contributed by atoms with van der Waals surface area (Å²) in [6.45, 7) is 1.80. The second-order valence-electron chi connectivity index (χ2n) is 2.70. The van der Waals surface area contributed by atoms with E-state index in [1.165, 1.54) is 12.2 Å². The van der Waals surface area contributed by atoms with Crippen LogP contribution >= 0.6 is 0 Å². The molecule has 0 saturated heterocycles. The summed E-state index contributed by atoms with van der Waals surface area (Å²) in [4.78, 5) is 0. The van der Waals surface area contributed by atoms with Crippen LogP contribution in [0, 0.1) is 0 Å². The van der Waals surface area contributed by atoms with Crippen LogP contribution in [-0.2, 0) is 9.47 Å². The fraction of sp³-hybridized carbons (Fsp3) is 0.222. The van der Waals surface area contributed by atoms with E-state index in [2.05, 4.69) is 15.2 Å². The maximum atomic E-state index is 12.5. The third-order valence-electron chi connectivity index (χ3n) is 1.62. The maximum absolute atomic E-state index is 12.5. The van der Waals surface area contributed by atoms with E-state index in [9.17, 15) is 8.78 Å². The molecule has 5 heteroatoms. The van der Waals surface area contributed by atoms with Gasteiger partial charge in [-0.3, -0.25) is 0 Å². The summed E-state index contributed by atoms with van der Waals surface area (Å²) in [7, 11) is 0. The van der Waals surface area contributed by atoms with Crippen LogP contribution in [0.15, 0.2) is 41.1 Å². The molecule has 0 saturated carbocycles. The van der Waals surface area contributed by atoms with Gasteiger partial charge in [0, 0.05) is 6.08 Å². The van der Waals surface area contributed by atoms with Crippen LogP contribution in [0.2, 0.25) is 0 Å². The number of allylic oxidation sites excluding steroid dienone is 3. The van der Waals surface area contributed by atoms with Crippen LogP contribution in [0.4, 0.5) is 8.78 Å². The van der Waals surface area contributed by atoms with E-state index < -0.39 is 6.29 Å². The minimum Gasteiger partial charge on any atom is -0.395 e. The van der Waals surface area contributed by atoms with Crippen LogP contribution < -0.4 is 0 Å². The molecule has 0 N–H and O–H groups in total. The van der Waals surface area contributed by atoms with E-state index in [4.69, 9.17) is 0 Å². The van der Waals surface area contributed by atoms with E-state index in [0.29, 0.717) is 0 Å². The quantitative estimate of drug-likeness (QED) is 0.533. The molecule has 0 aromatic rings. The van der Waals surface area contributed by atoms with Crippen LogP contribution in [-0.4, -0.2) is 6.29 Å². The summed E-state index contributed by atoms with van der Waals surface area (Å²) in [5.41, 5.74) is 3.59. The van der Waals surface area contributed by atoms with Gasteiger partial charge in [0.1, 0.15) is 0 Å². The smallest absolute Gasteiger partial charge is 0.395 e. The average Bonchev–Trinajstić information content (AvgIpc) is 2.23. The number of hydrogen-bond acceptors (Lipinski definition) is 2. The fourth-order valence-corrected chi connectivity index (χ4v) is 1.02. The van der Waals surface area contributed by atoms with Crippen molar-refractivity contribution in [2.45, 2.75) is 13.2 Å². The standard InChI is InChI=1S/C9H6F2O2.Lr/c1-6-2-4-7-8(5-3-6)13-9(10,11)12-7;/h2,4-5H,1H3;. The molecule has 2 rings (SSSR count). The topological polar surface area (TPSA) is 18.5 Å². The third-order valence-corrected chi connectivity index (χ3v) is 1.62. The van der Waals surface area contributed by atoms with Crippen molar-refractivity contribution < 1.29 is 18.3 Å². The van der Waals surface area contributed by atoms with Crippen molar-refractivity contribution in [2.75, 3.05) is 0 Å². The summed E-state index contributed by atoms with van der Waals surface area (Å²) in [5, 5.41) is 0. The van der Waals surface area contributed by atoms with Crippen molar-refractivity contribution in [3.63, 3.8) is 0 Å². The van der Waals surface area contributed by atoms with Gasteiger partial charge in [-0.05, 0) is 24.6 Å². The number of rotatable bonds is 0. The van der Waals surface area contributed by atoms with E-state index >= 15 is 0 Å². The molecule has 83 valence electrons. The molecular weight excluding hydrogens is 440 g/mol. The van der Waals surface area contributed by atoms with Crippen LogP contribution in [0.3, 0.4) is 0 Å². The summed E-state index contributed by atoms with van der Waals surface area (Å²) >= 11 is 0. The average molecular weight is 446 g/mol. The first-order valence-electron chi connectivity index (χ1n) is 3.68. The molecule has 1 aliphatic carbocycles. The molecule has 0 amide bonds. The molecule has 0 atom stereocenters. The van der Waals surface area contributed by atoms with E-state index in [0.717, 1.165) is 5.57 Å². The zero-order valence-electron chi connectivity index (χ0n) is 7.06. The first kappa shape index (κ1) is 9.55.